The van der Waals surface area contributed by atoms with Crippen LogP contribution in [0.25, 0.3) is 10.8 Å². The summed E-state index contributed by atoms with van der Waals surface area (Å²) in [6.45, 7) is 0. The van der Waals surface area contributed by atoms with Gasteiger partial charge in [-0.3, -0.25) is 4.55 Å². The number of nitrogens with two attached hydrogens (primary N) is 1. The summed E-state index contributed by atoms with van der Waals surface area (Å²) in [5.41, 5.74) is 6.79. The Hall–Kier alpha value is -2.77. The Morgan fingerprint density at radius 2 is 1.65 bits per heavy atom. The van der Waals surface area contributed by atoms with Crippen LogP contribution in [0, 0.1) is 0 Å². The van der Waals surface area contributed by atoms with Crippen LogP contribution in [0.3, 0.4) is 0 Å². The fraction of sp³-hybridized carbons (Fsp3) is 0. The molecule has 5 N–H and O–H groups in total. The van der Waals surface area contributed by atoms with Crippen LogP contribution >= 0.6 is 0 Å². The molecule has 0 saturated heterocycles. The van der Waals surface area contributed by atoms with Gasteiger partial charge in [-0.05, 0) is 41.8 Å². The maximum absolute atomic E-state index is 11.4. The fourth-order valence-corrected chi connectivity index (χ4v) is 3.01. The molecule has 7 heteroatoms. The molecule has 0 aromatic heterocycles. The Labute approximate surface area is 132 Å². The van der Waals surface area contributed by atoms with Crippen molar-refractivity contribution >= 4 is 38.0 Å². The molecule has 23 heavy (non-hydrogen) atoms. The summed E-state index contributed by atoms with van der Waals surface area (Å²) in [5, 5.41) is 14.1. The van der Waals surface area contributed by atoms with Gasteiger partial charge in [-0.15, -0.1) is 0 Å². The first-order chi connectivity index (χ1) is 10.9. The highest BCUT2D eigenvalue weighted by Gasteiger charge is 2.19. The Morgan fingerprint density at radius 1 is 0.957 bits per heavy atom. The third kappa shape index (κ3) is 2.92. The first-order valence-electron chi connectivity index (χ1n) is 6.71. The second-order valence-corrected chi connectivity index (χ2v) is 6.43. The molecule has 0 aliphatic heterocycles. The van der Waals surface area contributed by atoms with Gasteiger partial charge >= 0.3 is 0 Å². The van der Waals surface area contributed by atoms with Crippen LogP contribution in [0.2, 0.25) is 0 Å². The first kappa shape index (κ1) is 15.1. The lowest BCUT2D eigenvalue weighted by atomic mass is 10.1. The van der Waals surface area contributed by atoms with E-state index in [1.807, 2.05) is 30.3 Å². The van der Waals surface area contributed by atoms with Crippen molar-refractivity contribution in [2.75, 3.05) is 11.1 Å². The Kier molecular flexibility index (Phi) is 3.59. The highest BCUT2D eigenvalue weighted by Crippen LogP contribution is 2.37. The summed E-state index contributed by atoms with van der Waals surface area (Å²) in [6.07, 6.45) is 0. The number of rotatable bonds is 3. The van der Waals surface area contributed by atoms with Crippen molar-refractivity contribution in [1.82, 2.24) is 0 Å². The minimum Gasteiger partial charge on any atom is -0.505 e. The Morgan fingerprint density at radius 3 is 2.30 bits per heavy atom. The molecule has 0 heterocycles. The van der Waals surface area contributed by atoms with E-state index in [2.05, 4.69) is 5.32 Å². The number of benzene rings is 3. The zero-order valence-corrected chi connectivity index (χ0v) is 12.7. The van der Waals surface area contributed by atoms with E-state index in [0.717, 1.165) is 5.69 Å². The number of nitrogens with one attached hydrogen (secondary N) is 1. The van der Waals surface area contributed by atoms with E-state index < -0.39 is 15.0 Å². The number of nitrogen functional groups attached to an aromatic ring is 1. The second-order valence-electron chi connectivity index (χ2n) is 5.04. The van der Waals surface area contributed by atoms with Gasteiger partial charge in [0.15, 0.2) is 0 Å². The van der Waals surface area contributed by atoms with E-state index in [9.17, 15) is 18.1 Å². The van der Waals surface area contributed by atoms with Gasteiger partial charge in [0.1, 0.15) is 10.6 Å². The maximum atomic E-state index is 11.4. The number of fused-ring (bicyclic) bond motifs is 1. The molecule has 0 aliphatic rings. The molecule has 3 aromatic rings. The molecule has 0 atom stereocenters. The molecule has 0 fully saturated rings. The number of hydrogen-bond donors (Lipinski definition) is 4. The number of hydrogen-bond acceptors (Lipinski definition) is 5. The first-order valence-corrected chi connectivity index (χ1v) is 8.15. The third-order valence-electron chi connectivity index (χ3n) is 3.45. The quantitative estimate of drug-likeness (QED) is 0.333. The van der Waals surface area contributed by atoms with Gasteiger partial charge in [0.05, 0.1) is 5.69 Å². The number of aromatic hydroxyl groups is 1. The van der Waals surface area contributed by atoms with E-state index in [4.69, 9.17) is 5.73 Å². The zero-order valence-electron chi connectivity index (χ0n) is 11.9. The molecule has 0 bridgehead atoms. The van der Waals surface area contributed by atoms with Gasteiger partial charge in [0.2, 0.25) is 0 Å². The molecule has 3 aromatic carbocycles. The van der Waals surface area contributed by atoms with Crippen LogP contribution in [-0.2, 0) is 10.1 Å². The standard InChI is InChI=1S/C16H14N2O4S/c17-15-14(23(20,21)22)9-10-8-12(6-7-13(10)16(15)19)18-11-4-2-1-3-5-11/h1-9,18-19H,17H2,(H,20,21,22). The third-order valence-corrected chi connectivity index (χ3v) is 4.35. The summed E-state index contributed by atoms with van der Waals surface area (Å²) in [4.78, 5) is -0.514. The molecule has 118 valence electrons. The molecule has 0 saturated carbocycles. The van der Waals surface area contributed by atoms with Gasteiger partial charge in [-0.25, -0.2) is 0 Å². The molecule has 0 radical (unpaired) electrons. The van der Waals surface area contributed by atoms with Crippen LogP contribution in [0.1, 0.15) is 0 Å². The number of phenols is 1. The van der Waals surface area contributed by atoms with Crippen molar-refractivity contribution in [1.29, 1.82) is 0 Å². The lowest BCUT2D eigenvalue weighted by Gasteiger charge is -2.11. The second kappa shape index (κ2) is 5.45. The van der Waals surface area contributed by atoms with Crippen molar-refractivity contribution in [3.8, 4) is 5.75 Å². The molecular formula is C16H14N2O4S. The Bertz CT molecular complexity index is 986. The highest BCUT2D eigenvalue weighted by molar-refractivity contribution is 7.86. The van der Waals surface area contributed by atoms with Crippen molar-refractivity contribution in [2.24, 2.45) is 0 Å². The van der Waals surface area contributed by atoms with Gasteiger partial charge < -0.3 is 16.2 Å². The minimum absolute atomic E-state index is 0.372. The van der Waals surface area contributed by atoms with E-state index in [-0.39, 0.29) is 11.4 Å². The molecule has 3 rings (SSSR count). The van der Waals surface area contributed by atoms with Crippen LogP contribution in [-0.4, -0.2) is 18.1 Å². The zero-order chi connectivity index (χ0) is 16.6. The average molecular weight is 330 g/mol. The van der Waals surface area contributed by atoms with Crippen molar-refractivity contribution < 1.29 is 18.1 Å². The van der Waals surface area contributed by atoms with E-state index >= 15 is 0 Å². The molecular weight excluding hydrogens is 316 g/mol. The topological polar surface area (TPSA) is 113 Å². The molecule has 0 spiro atoms. The van der Waals surface area contributed by atoms with Crippen molar-refractivity contribution in [3.63, 3.8) is 0 Å². The van der Waals surface area contributed by atoms with E-state index in [1.165, 1.54) is 6.07 Å². The molecule has 0 unspecified atom stereocenters. The summed E-state index contributed by atoms with van der Waals surface area (Å²) in [6, 6.07) is 15.7. The largest absolute Gasteiger partial charge is 0.505 e. The average Bonchev–Trinajstić information content (AvgIpc) is 2.50. The van der Waals surface area contributed by atoms with Crippen molar-refractivity contribution in [3.05, 3.63) is 54.6 Å². The van der Waals surface area contributed by atoms with Crippen LogP contribution in [0.4, 0.5) is 17.1 Å². The predicted octanol–water partition coefficient (Wildman–Crippen LogP) is 3.12. The molecule has 0 amide bonds. The van der Waals surface area contributed by atoms with Crippen molar-refractivity contribution in [2.45, 2.75) is 4.90 Å². The number of para-hydroxylation sites is 1. The van der Waals surface area contributed by atoms with Gasteiger partial charge in [-0.2, -0.15) is 8.42 Å². The smallest absolute Gasteiger partial charge is 0.296 e. The fourth-order valence-electron chi connectivity index (χ4n) is 2.36. The van der Waals surface area contributed by atoms with E-state index in [1.54, 1.807) is 18.2 Å². The predicted molar refractivity (Wildman–Crippen MR) is 89.6 cm³/mol. The lowest BCUT2D eigenvalue weighted by Crippen LogP contribution is -2.03. The maximum Gasteiger partial charge on any atom is 0.296 e. The van der Waals surface area contributed by atoms with Gasteiger partial charge in [0, 0.05) is 16.8 Å². The highest BCUT2D eigenvalue weighted by atomic mass is 32.2. The monoisotopic (exact) mass is 330 g/mol. The van der Waals surface area contributed by atoms with Crippen LogP contribution < -0.4 is 11.1 Å². The summed E-state index contributed by atoms with van der Waals surface area (Å²) in [7, 11) is -4.52. The molecule has 6 nitrogen and oxygen atoms in total. The van der Waals surface area contributed by atoms with E-state index in [0.29, 0.717) is 16.5 Å². The van der Waals surface area contributed by atoms with Crippen LogP contribution in [0.15, 0.2) is 59.5 Å². The lowest BCUT2D eigenvalue weighted by molar-refractivity contribution is 0.473. The normalized spacial score (nSPS) is 11.5. The summed E-state index contributed by atoms with van der Waals surface area (Å²) in [5.74, 6) is -0.374. The van der Waals surface area contributed by atoms with Crippen LogP contribution in [0.5, 0.6) is 5.75 Å². The SMILES string of the molecule is Nc1c(S(=O)(=O)O)cc2cc(Nc3ccccc3)ccc2c1O. The van der Waals surface area contributed by atoms with Gasteiger partial charge in [-0.1, -0.05) is 18.2 Å². The Balaban J connectivity index is 2.14. The summed E-state index contributed by atoms with van der Waals surface area (Å²) < 4.78 is 32.0. The minimum atomic E-state index is -4.52. The number of phenolic OH excluding ortho intramolecular Hbond substituents is 1. The summed E-state index contributed by atoms with van der Waals surface area (Å²) >= 11 is 0. The van der Waals surface area contributed by atoms with Gasteiger partial charge in [0.25, 0.3) is 10.1 Å². The number of anilines is 3. The molecule has 0 aliphatic carbocycles.